The second-order valence-corrected chi connectivity index (χ2v) is 9.71. The van der Waals surface area contributed by atoms with Crippen LogP contribution in [0.4, 0.5) is 10.6 Å². The molecule has 0 aromatic carbocycles. The van der Waals surface area contributed by atoms with Crippen LogP contribution in [0.15, 0.2) is 42.7 Å². The number of hydrogen-bond donors (Lipinski definition) is 2. The molecule has 1 aliphatic heterocycles. The lowest BCUT2D eigenvalue weighted by Gasteiger charge is -2.41. The molecule has 0 bridgehead atoms. The number of aliphatic hydroxyl groups excluding tert-OH is 1. The summed E-state index contributed by atoms with van der Waals surface area (Å²) in [4.78, 5) is 27.9. The lowest BCUT2D eigenvalue weighted by molar-refractivity contribution is 0.0364. The third kappa shape index (κ3) is 5.34. The van der Waals surface area contributed by atoms with Gasteiger partial charge in [-0.15, -0.1) is 0 Å². The Morgan fingerprint density at radius 2 is 2.00 bits per heavy atom. The van der Waals surface area contributed by atoms with E-state index in [1.54, 1.807) is 18.5 Å². The number of piperidine rings is 1. The molecule has 0 atom stereocenters. The number of ether oxygens (including phenoxy) is 1. The first-order chi connectivity index (χ1) is 15.7. The van der Waals surface area contributed by atoms with E-state index in [-0.39, 0.29) is 6.61 Å². The van der Waals surface area contributed by atoms with Crippen LogP contribution in [-0.4, -0.2) is 57.0 Å². The van der Waals surface area contributed by atoms with E-state index in [2.05, 4.69) is 25.2 Å². The van der Waals surface area contributed by atoms with E-state index in [1.807, 2.05) is 45.0 Å². The molecular weight excluding hydrogens is 442 g/mol. The van der Waals surface area contributed by atoms with Gasteiger partial charge in [-0.1, -0.05) is 11.6 Å². The molecule has 174 valence electrons. The molecule has 1 aliphatic rings. The van der Waals surface area contributed by atoms with Crippen molar-refractivity contribution in [3.8, 4) is 11.3 Å². The molecule has 33 heavy (non-hydrogen) atoms. The van der Waals surface area contributed by atoms with Crippen LogP contribution in [0.5, 0.6) is 0 Å². The number of halogens is 1. The second-order valence-electron chi connectivity index (χ2n) is 9.32. The zero-order valence-electron chi connectivity index (χ0n) is 19.0. The minimum absolute atomic E-state index is 0.145. The van der Waals surface area contributed by atoms with E-state index >= 15 is 0 Å². The van der Waals surface area contributed by atoms with Gasteiger partial charge < -0.3 is 20.1 Å². The first kappa shape index (κ1) is 23.2. The number of pyridine rings is 3. The Morgan fingerprint density at radius 1 is 1.24 bits per heavy atom. The van der Waals surface area contributed by atoms with Crippen LogP contribution in [0.3, 0.4) is 0 Å². The number of nitrogens with one attached hydrogen (secondary N) is 1. The third-order valence-corrected chi connectivity index (χ3v) is 5.90. The van der Waals surface area contributed by atoms with Gasteiger partial charge in [0.25, 0.3) is 0 Å². The van der Waals surface area contributed by atoms with Gasteiger partial charge in [-0.25, -0.2) is 14.8 Å². The number of hydrogen-bond acceptors (Lipinski definition) is 7. The highest BCUT2D eigenvalue weighted by molar-refractivity contribution is 6.30. The third-order valence-electron chi connectivity index (χ3n) is 5.70. The number of rotatable bonds is 4. The van der Waals surface area contributed by atoms with Gasteiger partial charge in [-0.05, 0) is 57.9 Å². The molecule has 4 heterocycles. The zero-order chi connectivity index (χ0) is 23.6. The molecule has 0 radical (unpaired) electrons. The van der Waals surface area contributed by atoms with E-state index in [0.717, 1.165) is 28.0 Å². The Hall–Kier alpha value is -2.97. The van der Waals surface area contributed by atoms with E-state index in [0.29, 0.717) is 31.1 Å². The number of anilines is 1. The molecule has 3 aromatic heterocycles. The SMILES string of the molecule is CC(C)(C)OC(=O)NC1(CO)CCN(c2ccc(-c3nc(Cl)cc4ncccc34)cn2)CC1. The predicted molar refractivity (Wildman–Crippen MR) is 128 cm³/mol. The number of amides is 1. The van der Waals surface area contributed by atoms with Crippen LogP contribution in [-0.2, 0) is 4.74 Å². The summed E-state index contributed by atoms with van der Waals surface area (Å²) in [6, 6.07) is 9.50. The van der Waals surface area contributed by atoms with E-state index < -0.39 is 17.2 Å². The Morgan fingerprint density at radius 3 is 2.64 bits per heavy atom. The Labute approximate surface area is 198 Å². The average Bonchev–Trinajstić information content (AvgIpc) is 2.78. The zero-order valence-corrected chi connectivity index (χ0v) is 19.8. The summed E-state index contributed by atoms with van der Waals surface area (Å²) in [6.07, 6.45) is 4.16. The maximum absolute atomic E-state index is 12.2. The molecule has 2 N–H and O–H groups in total. The highest BCUT2D eigenvalue weighted by Crippen LogP contribution is 2.30. The molecule has 9 heteroatoms. The van der Waals surface area contributed by atoms with Crippen molar-refractivity contribution in [1.82, 2.24) is 20.3 Å². The number of carbonyl (C=O) groups is 1. The van der Waals surface area contributed by atoms with Gasteiger partial charge in [0.1, 0.15) is 16.6 Å². The van der Waals surface area contributed by atoms with Crippen LogP contribution in [0.25, 0.3) is 22.2 Å². The fourth-order valence-corrected chi connectivity index (χ4v) is 4.17. The van der Waals surface area contributed by atoms with Crippen molar-refractivity contribution in [1.29, 1.82) is 0 Å². The Kier molecular flexibility index (Phi) is 6.41. The fraction of sp³-hybridized carbons (Fsp3) is 0.417. The second kappa shape index (κ2) is 9.11. The summed E-state index contributed by atoms with van der Waals surface area (Å²) >= 11 is 6.20. The van der Waals surface area contributed by atoms with Gasteiger partial charge in [-0.3, -0.25) is 4.98 Å². The molecule has 0 aliphatic carbocycles. The number of nitrogens with zero attached hydrogens (tertiary/aromatic N) is 4. The standard InChI is InChI=1S/C24H28ClN5O3/c1-23(2,3)33-22(32)29-24(15-31)8-11-30(12-9-24)20-7-6-16(14-27-20)21-17-5-4-10-26-18(17)13-19(25)28-21/h4-7,10,13-14,31H,8-9,11-12,15H2,1-3H3,(H,29,32). The summed E-state index contributed by atoms with van der Waals surface area (Å²) in [6.45, 7) is 6.58. The van der Waals surface area contributed by atoms with Gasteiger partial charge in [-0.2, -0.15) is 0 Å². The number of carbonyl (C=O) groups excluding carboxylic acids is 1. The average molecular weight is 470 g/mol. The van der Waals surface area contributed by atoms with Gasteiger partial charge in [0, 0.05) is 42.5 Å². The van der Waals surface area contributed by atoms with Gasteiger partial charge in [0.05, 0.1) is 23.4 Å². The molecule has 0 unspecified atom stereocenters. The Balaban J connectivity index is 1.46. The monoisotopic (exact) mass is 469 g/mol. The van der Waals surface area contributed by atoms with E-state index in [4.69, 9.17) is 16.3 Å². The fourth-order valence-electron chi connectivity index (χ4n) is 3.98. The predicted octanol–water partition coefficient (Wildman–Crippen LogP) is 4.20. The Bertz CT molecular complexity index is 1140. The summed E-state index contributed by atoms with van der Waals surface area (Å²) < 4.78 is 5.37. The molecule has 3 aromatic rings. The van der Waals surface area contributed by atoms with E-state index in [1.165, 1.54) is 0 Å². The topological polar surface area (TPSA) is 100 Å². The van der Waals surface area contributed by atoms with Gasteiger partial charge in [0.2, 0.25) is 0 Å². The first-order valence-corrected chi connectivity index (χ1v) is 11.3. The first-order valence-electron chi connectivity index (χ1n) is 10.9. The largest absolute Gasteiger partial charge is 0.444 e. The summed E-state index contributed by atoms with van der Waals surface area (Å²) in [5, 5.41) is 14.2. The lowest BCUT2D eigenvalue weighted by Crippen LogP contribution is -2.58. The number of alkyl carbamates (subject to hydrolysis) is 1. The maximum Gasteiger partial charge on any atom is 0.408 e. The van der Waals surface area contributed by atoms with Gasteiger partial charge >= 0.3 is 6.09 Å². The summed E-state index contributed by atoms with van der Waals surface area (Å²) in [5.74, 6) is 0.826. The minimum Gasteiger partial charge on any atom is -0.444 e. The number of aliphatic hydroxyl groups is 1. The van der Waals surface area contributed by atoms with Crippen molar-refractivity contribution in [2.24, 2.45) is 0 Å². The van der Waals surface area contributed by atoms with Crippen molar-refractivity contribution < 1.29 is 14.6 Å². The smallest absolute Gasteiger partial charge is 0.408 e. The molecule has 4 rings (SSSR count). The van der Waals surface area contributed by atoms with Crippen molar-refractivity contribution in [2.75, 3.05) is 24.6 Å². The molecule has 1 saturated heterocycles. The van der Waals surface area contributed by atoms with Crippen molar-refractivity contribution in [2.45, 2.75) is 44.8 Å². The molecule has 1 fully saturated rings. The van der Waals surface area contributed by atoms with Crippen molar-refractivity contribution in [3.05, 3.63) is 47.9 Å². The number of aromatic nitrogens is 3. The van der Waals surface area contributed by atoms with Crippen LogP contribution in [0.2, 0.25) is 5.15 Å². The lowest BCUT2D eigenvalue weighted by atomic mass is 9.88. The molecule has 8 nitrogen and oxygen atoms in total. The van der Waals surface area contributed by atoms with Crippen molar-refractivity contribution >= 4 is 34.4 Å². The molecule has 0 spiro atoms. The quantitative estimate of drug-likeness (QED) is 0.552. The van der Waals surface area contributed by atoms with E-state index in [9.17, 15) is 9.90 Å². The normalized spacial score (nSPS) is 16.0. The summed E-state index contributed by atoms with van der Waals surface area (Å²) in [5.41, 5.74) is 1.09. The molecule has 0 saturated carbocycles. The minimum atomic E-state index is -0.699. The summed E-state index contributed by atoms with van der Waals surface area (Å²) in [7, 11) is 0. The van der Waals surface area contributed by atoms with Gasteiger partial charge in [0.15, 0.2) is 0 Å². The van der Waals surface area contributed by atoms with Crippen LogP contribution in [0.1, 0.15) is 33.6 Å². The van der Waals surface area contributed by atoms with Crippen LogP contribution >= 0.6 is 11.6 Å². The highest BCUT2D eigenvalue weighted by Gasteiger charge is 2.37. The van der Waals surface area contributed by atoms with Crippen LogP contribution < -0.4 is 10.2 Å². The highest BCUT2D eigenvalue weighted by atomic mass is 35.5. The molecular formula is C24H28ClN5O3. The molecule has 1 amide bonds. The number of fused-ring (bicyclic) bond motifs is 1. The maximum atomic E-state index is 12.2. The van der Waals surface area contributed by atoms with Crippen molar-refractivity contribution in [3.63, 3.8) is 0 Å². The van der Waals surface area contributed by atoms with Crippen LogP contribution in [0, 0.1) is 0 Å².